The van der Waals surface area contributed by atoms with E-state index in [1.807, 2.05) is 55.5 Å². The summed E-state index contributed by atoms with van der Waals surface area (Å²) in [7, 11) is 0. The first kappa shape index (κ1) is 20.2. The van der Waals surface area contributed by atoms with E-state index >= 15 is 0 Å². The van der Waals surface area contributed by atoms with Gasteiger partial charge in [-0.05, 0) is 49.4 Å². The van der Waals surface area contributed by atoms with E-state index in [-0.39, 0.29) is 11.5 Å². The Morgan fingerprint density at radius 2 is 1.94 bits per heavy atom. The van der Waals surface area contributed by atoms with Crippen molar-refractivity contribution in [3.8, 4) is 16.9 Å². The molecule has 0 spiro atoms. The van der Waals surface area contributed by atoms with Crippen LogP contribution in [0.25, 0.3) is 27.2 Å². The van der Waals surface area contributed by atoms with Gasteiger partial charge in [0.25, 0.3) is 11.5 Å². The van der Waals surface area contributed by atoms with Gasteiger partial charge in [0.1, 0.15) is 4.83 Å². The molecule has 0 saturated heterocycles. The van der Waals surface area contributed by atoms with Crippen LogP contribution < -0.4 is 10.9 Å². The summed E-state index contributed by atoms with van der Waals surface area (Å²) in [4.78, 5) is 25.7. The normalized spacial score (nSPS) is 11.1. The molecule has 2 N–H and O–H groups in total. The van der Waals surface area contributed by atoms with Crippen molar-refractivity contribution in [1.29, 1.82) is 0 Å². The van der Waals surface area contributed by atoms with Gasteiger partial charge in [-0.25, -0.2) is 9.78 Å². The Labute approximate surface area is 191 Å². The van der Waals surface area contributed by atoms with E-state index in [2.05, 4.69) is 20.6 Å². The molecule has 0 atom stereocenters. The van der Waals surface area contributed by atoms with Gasteiger partial charge in [-0.3, -0.25) is 9.59 Å². The van der Waals surface area contributed by atoms with E-state index in [9.17, 15) is 9.59 Å². The van der Waals surface area contributed by atoms with Crippen molar-refractivity contribution < 1.29 is 4.79 Å². The first-order chi connectivity index (χ1) is 15.5. The Morgan fingerprint density at radius 1 is 1.09 bits per heavy atom. The molecule has 0 saturated carbocycles. The molecule has 5 aromatic rings. The van der Waals surface area contributed by atoms with Crippen molar-refractivity contribution in [2.75, 3.05) is 5.32 Å². The molecular formula is C23H16ClN5O2S. The fourth-order valence-corrected chi connectivity index (χ4v) is 4.66. The van der Waals surface area contributed by atoms with Crippen LogP contribution in [0.1, 0.15) is 15.4 Å². The van der Waals surface area contributed by atoms with Gasteiger partial charge in [-0.1, -0.05) is 29.8 Å². The zero-order valence-electron chi connectivity index (χ0n) is 16.8. The molecule has 9 heteroatoms. The minimum atomic E-state index is -0.269. The highest BCUT2D eigenvalue weighted by atomic mass is 35.5. The first-order valence-electron chi connectivity index (χ1n) is 9.70. The number of fused-ring (bicyclic) bond motifs is 1. The predicted molar refractivity (Wildman–Crippen MR) is 127 cm³/mol. The van der Waals surface area contributed by atoms with Crippen molar-refractivity contribution in [2.45, 2.75) is 6.92 Å². The van der Waals surface area contributed by atoms with Crippen LogP contribution in [0, 0.1) is 6.92 Å². The molecule has 3 aromatic heterocycles. The summed E-state index contributed by atoms with van der Waals surface area (Å²) in [5, 5.41) is 15.5. The molecule has 5 rings (SSSR count). The minimum Gasteiger partial charge on any atom is -0.321 e. The summed E-state index contributed by atoms with van der Waals surface area (Å²) in [6.07, 6.45) is 0. The molecule has 0 aliphatic carbocycles. The lowest BCUT2D eigenvalue weighted by molar-refractivity contribution is 0.103. The number of benzene rings is 2. The van der Waals surface area contributed by atoms with E-state index in [4.69, 9.17) is 11.6 Å². The number of thiophene rings is 1. The van der Waals surface area contributed by atoms with E-state index in [1.54, 1.807) is 16.8 Å². The van der Waals surface area contributed by atoms with E-state index in [1.165, 1.54) is 17.4 Å². The van der Waals surface area contributed by atoms with Crippen LogP contribution in [-0.4, -0.2) is 25.9 Å². The number of hydrogen-bond donors (Lipinski definition) is 2. The standard InChI is InChI=1S/C23H16ClN5O2S/c1-13-18-12-20(32-23(18)29(28-13)17-7-3-5-15(24)11-17)22(31)25-16-6-2-4-14(10-16)19-8-9-21(30)27-26-19/h2-12H,1H3,(H,25,31)(H,27,30). The number of aromatic nitrogens is 4. The maximum atomic E-state index is 13.0. The number of nitrogens with one attached hydrogen (secondary N) is 2. The van der Waals surface area contributed by atoms with Crippen molar-refractivity contribution in [3.05, 3.63) is 92.7 Å². The number of rotatable bonds is 4. The first-order valence-corrected chi connectivity index (χ1v) is 10.9. The second kappa shape index (κ2) is 8.07. The van der Waals surface area contributed by atoms with Crippen LogP contribution in [0.2, 0.25) is 5.02 Å². The largest absolute Gasteiger partial charge is 0.321 e. The lowest BCUT2D eigenvalue weighted by Gasteiger charge is -2.06. The van der Waals surface area contributed by atoms with Gasteiger partial charge in [0.05, 0.1) is 22.0 Å². The van der Waals surface area contributed by atoms with Crippen LogP contribution in [0.5, 0.6) is 0 Å². The fraction of sp³-hybridized carbons (Fsp3) is 0.0435. The SMILES string of the molecule is Cc1nn(-c2cccc(Cl)c2)c2sc(C(=O)Nc3cccc(-c4ccc(=O)[nH]n4)c3)cc12. The number of carbonyl (C=O) groups excluding carboxylic acids is 1. The molecule has 32 heavy (non-hydrogen) atoms. The quantitative estimate of drug-likeness (QED) is 0.391. The summed E-state index contributed by atoms with van der Waals surface area (Å²) >= 11 is 7.51. The molecule has 2 aromatic carbocycles. The highest BCUT2D eigenvalue weighted by Gasteiger charge is 2.17. The van der Waals surface area contributed by atoms with Gasteiger partial charge >= 0.3 is 0 Å². The average molecular weight is 462 g/mol. The molecule has 0 fully saturated rings. The molecule has 0 unspecified atom stereocenters. The van der Waals surface area contributed by atoms with Crippen LogP contribution in [0.15, 0.2) is 71.5 Å². The van der Waals surface area contributed by atoms with E-state index in [0.717, 1.165) is 27.2 Å². The summed E-state index contributed by atoms with van der Waals surface area (Å²) in [6.45, 7) is 1.92. The third kappa shape index (κ3) is 3.81. The van der Waals surface area contributed by atoms with E-state index in [0.29, 0.717) is 21.3 Å². The zero-order chi connectivity index (χ0) is 22.2. The zero-order valence-corrected chi connectivity index (χ0v) is 18.4. The molecule has 3 heterocycles. The number of carbonyl (C=O) groups is 1. The van der Waals surface area contributed by atoms with Gasteiger partial charge in [0, 0.05) is 27.7 Å². The van der Waals surface area contributed by atoms with Gasteiger partial charge in [-0.15, -0.1) is 11.3 Å². The van der Waals surface area contributed by atoms with Gasteiger partial charge in [0.2, 0.25) is 0 Å². The molecule has 7 nitrogen and oxygen atoms in total. The number of hydrogen-bond acceptors (Lipinski definition) is 5. The summed E-state index contributed by atoms with van der Waals surface area (Å²) < 4.78 is 1.81. The Kier molecular flexibility index (Phi) is 5.08. The number of anilines is 1. The lowest BCUT2D eigenvalue weighted by Crippen LogP contribution is -2.10. The highest BCUT2D eigenvalue weighted by Crippen LogP contribution is 2.31. The Balaban J connectivity index is 1.45. The molecular weight excluding hydrogens is 446 g/mol. The van der Waals surface area contributed by atoms with Crippen molar-refractivity contribution in [3.63, 3.8) is 0 Å². The second-order valence-electron chi connectivity index (χ2n) is 7.15. The highest BCUT2D eigenvalue weighted by molar-refractivity contribution is 7.20. The number of aryl methyl sites for hydroxylation is 1. The van der Waals surface area contributed by atoms with Crippen molar-refractivity contribution in [2.24, 2.45) is 0 Å². The van der Waals surface area contributed by atoms with Crippen LogP contribution in [0.4, 0.5) is 5.69 Å². The molecule has 1 amide bonds. The van der Waals surface area contributed by atoms with Gasteiger partial charge < -0.3 is 5.32 Å². The third-order valence-electron chi connectivity index (χ3n) is 4.92. The Bertz CT molecular complexity index is 1510. The summed E-state index contributed by atoms with van der Waals surface area (Å²) in [6, 6.07) is 19.6. The average Bonchev–Trinajstić information content (AvgIpc) is 3.35. The van der Waals surface area contributed by atoms with Crippen LogP contribution in [-0.2, 0) is 0 Å². The van der Waals surface area contributed by atoms with Crippen molar-refractivity contribution in [1.82, 2.24) is 20.0 Å². The smallest absolute Gasteiger partial charge is 0.265 e. The number of amides is 1. The second-order valence-corrected chi connectivity index (χ2v) is 8.62. The van der Waals surface area contributed by atoms with Gasteiger partial charge in [0.15, 0.2) is 0 Å². The molecule has 0 bridgehead atoms. The molecule has 158 valence electrons. The monoisotopic (exact) mass is 461 g/mol. The van der Waals surface area contributed by atoms with Crippen LogP contribution in [0.3, 0.4) is 0 Å². The number of halogens is 1. The minimum absolute atomic E-state index is 0.213. The van der Waals surface area contributed by atoms with E-state index < -0.39 is 0 Å². The summed E-state index contributed by atoms with van der Waals surface area (Å²) in [5.74, 6) is -0.213. The predicted octanol–water partition coefficient (Wildman–Crippen LogP) is 5.05. The number of nitrogens with zero attached hydrogens (tertiary/aromatic N) is 3. The van der Waals surface area contributed by atoms with Crippen molar-refractivity contribution >= 4 is 44.7 Å². The Hall–Kier alpha value is -3.75. The third-order valence-corrected chi connectivity index (χ3v) is 6.26. The van der Waals surface area contributed by atoms with Gasteiger partial charge in [-0.2, -0.15) is 10.2 Å². The maximum absolute atomic E-state index is 13.0. The Morgan fingerprint density at radius 3 is 2.72 bits per heavy atom. The number of aromatic amines is 1. The number of H-pyrrole nitrogens is 1. The molecule has 0 aliphatic rings. The fourth-order valence-electron chi connectivity index (χ4n) is 3.40. The molecule has 0 aliphatic heterocycles. The topological polar surface area (TPSA) is 92.7 Å². The van der Waals surface area contributed by atoms with Crippen LogP contribution >= 0.6 is 22.9 Å². The summed E-state index contributed by atoms with van der Waals surface area (Å²) in [5.41, 5.74) is 3.43. The molecule has 0 radical (unpaired) electrons. The lowest BCUT2D eigenvalue weighted by atomic mass is 10.1. The maximum Gasteiger partial charge on any atom is 0.265 e.